The Morgan fingerprint density at radius 2 is 2.05 bits per heavy atom. The van der Waals surface area contributed by atoms with Crippen LogP contribution in [0.3, 0.4) is 0 Å². The summed E-state index contributed by atoms with van der Waals surface area (Å²) in [6.45, 7) is 1.95. The minimum absolute atomic E-state index is 0.0907. The van der Waals surface area contributed by atoms with Crippen LogP contribution in [0.1, 0.15) is 36.2 Å². The summed E-state index contributed by atoms with van der Waals surface area (Å²) >= 11 is 1.56. The molecular weight excluding hydrogens is 287 g/mol. The lowest BCUT2D eigenvalue weighted by Crippen LogP contribution is -2.34. The van der Waals surface area contributed by atoms with Crippen molar-refractivity contribution in [3.63, 3.8) is 0 Å². The van der Waals surface area contributed by atoms with Crippen molar-refractivity contribution in [1.29, 1.82) is 0 Å². The summed E-state index contributed by atoms with van der Waals surface area (Å²) in [5, 5.41) is 4.94. The maximum atomic E-state index is 13.1. The third kappa shape index (κ3) is 4.37. The van der Waals surface area contributed by atoms with Crippen LogP contribution in [0.15, 0.2) is 41.8 Å². The zero-order chi connectivity index (χ0) is 15.2. The molecule has 1 amide bonds. The second kappa shape index (κ2) is 7.33. The third-order valence-electron chi connectivity index (χ3n) is 3.31. The summed E-state index contributed by atoms with van der Waals surface area (Å²) in [7, 11) is 0. The number of carbonyl (C=O) groups excluding carboxylic acids is 1. The van der Waals surface area contributed by atoms with E-state index in [2.05, 4.69) is 5.32 Å². The molecular formula is C16H19FN2OS. The molecule has 0 saturated heterocycles. The van der Waals surface area contributed by atoms with Crippen LogP contribution >= 0.6 is 11.3 Å². The fourth-order valence-corrected chi connectivity index (χ4v) is 2.83. The van der Waals surface area contributed by atoms with Gasteiger partial charge in [0.25, 0.3) is 0 Å². The minimum Gasteiger partial charge on any atom is -0.344 e. The Morgan fingerprint density at radius 3 is 2.62 bits per heavy atom. The smallest absolute Gasteiger partial charge is 0.222 e. The zero-order valence-electron chi connectivity index (χ0n) is 11.9. The van der Waals surface area contributed by atoms with Gasteiger partial charge in [-0.25, -0.2) is 4.39 Å². The molecule has 3 N–H and O–H groups in total. The van der Waals surface area contributed by atoms with Crippen LogP contribution in [0.25, 0.3) is 0 Å². The number of nitrogens with one attached hydrogen (secondary N) is 1. The Bertz CT molecular complexity index is 568. The number of halogens is 1. The number of hydrogen-bond donors (Lipinski definition) is 2. The highest BCUT2D eigenvalue weighted by atomic mass is 32.1. The number of carbonyl (C=O) groups is 1. The van der Waals surface area contributed by atoms with Gasteiger partial charge >= 0.3 is 0 Å². The maximum Gasteiger partial charge on any atom is 0.222 e. The molecule has 2 atom stereocenters. The van der Waals surface area contributed by atoms with Gasteiger partial charge in [-0.15, -0.1) is 11.3 Å². The average molecular weight is 306 g/mol. The zero-order valence-corrected chi connectivity index (χ0v) is 12.7. The third-order valence-corrected chi connectivity index (χ3v) is 4.25. The van der Waals surface area contributed by atoms with Gasteiger partial charge in [0.1, 0.15) is 5.82 Å². The predicted octanol–water partition coefficient (Wildman–Crippen LogP) is 3.22. The number of benzene rings is 1. The van der Waals surface area contributed by atoms with Crippen molar-refractivity contribution in [2.45, 2.75) is 31.8 Å². The number of rotatable bonds is 6. The molecule has 112 valence electrons. The van der Waals surface area contributed by atoms with Gasteiger partial charge in [-0.1, -0.05) is 25.1 Å². The quantitative estimate of drug-likeness (QED) is 0.861. The highest BCUT2D eigenvalue weighted by molar-refractivity contribution is 7.10. The van der Waals surface area contributed by atoms with Crippen LogP contribution in [0.5, 0.6) is 0 Å². The molecule has 1 aromatic carbocycles. The van der Waals surface area contributed by atoms with E-state index in [0.717, 1.165) is 16.9 Å². The van der Waals surface area contributed by atoms with E-state index in [1.807, 2.05) is 24.4 Å². The van der Waals surface area contributed by atoms with Crippen molar-refractivity contribution in [2.24, 2.45) is 5.73 Å². The van der Waals surface area contributed by atoms with E-state index in [1.165, 1.54) is 12.1 Å². The van der Waals surface area contributed by atoms with Crippen LogP contribution in [0.2, 0.25) is 0 Å². The molecule has 0 aliphatic rings. The number of hydrogen-bond acceptors (Lipinski definition) is 3. The highest BCUT2D eigenvalue weighted by Gasteiger charge is 2.19. The molecule has 1 aromatic heterocycles. The van der Waals surface area contributed by atoms with E-state index >= 15 is 0 Å². The number of nitrogens with two attached hydrogens (primary N) is 1. The first-order valence-corrected chi connectivity index (χ1v) is 7.82. The van der Waals surface area contributed by atoms with Crippen molar-refractivity contribution in [3.8, 4) is 0 Å². The van der Waals surface area contributed by atoms with Crippen molar-refractivity contribution >= 4 is 17.2 Å². The lowest BCUT2D eigenvalue weighted by molar-refractivity contribution is -0.121. The highest BCUT2D eigenvalue weighted by Crippen LogP contribution is 2.26. The van der Waals surface area contributed by atoms with Gasteiger partial charge in [0, 0.05) is 17.3 Å². The lowest BCUT2D eigenvalue weighted by Gasteiger charge is -2.19. The molecule has 0 fully saturated rings. The van der Waals surface area contributed by atoms with E-state index in [-0.39, 0.29) is 23.8 Å². The SMILES string of the molecule is CCC(N)CC(=O)NC(c1ccc(F)cc1)c1cccs1. The Labute approximate surface area is 128 Å². The molecule has 0 aliphatic heterocycles. The second-order valence-electron chi connectivity index (χ2n) is 4.94. The van der Waals surface area contributed by atoms with Crippen LogP contribution in [0.4, 0.5) is 4.39 Å². The Morgan fingerprint density at radius 1 is 1.33 bits per heavy atom. The fraction of sp³-hybridized carbons (Fsp3) is 0.312. The summed E-state index contributed by atoms with van der Waals surface area (Å²) < 4.78 is 13.1. The molecule has 0 saturated carbocycles. The standard InChI is InChI=1S/C16H19FN2OS/c1-2-13(18)10-15(20)19-16(14-4-3-9-21-14)11-5-7-12(17)8-6-11/h3-9,13,16H,2,10,18H2,1H3,(H,19,20). The van der Waals surface area contributed by atoms with E-state index < -0.39 is 0 Å². The molecule has 2 aromatic rings. The maximum absolute atomic E-state index is 13.1. The van der Waals surface area contributed by atoms with Crippen molar-refractivity contribution in [1.82, 2.24) is 5.32 Å². The number of amides is 1. The van der Waals surface area contributed by atoms with Crippen LogP contribution in [0, 0.1) is 5.82 Å². The fourth-order valence-electron chi connectivity index (χ4n) is 2.03. The van der Waals surface area contributed by atoms with E-state index in [9.17, 15) is 9.18 Å². The largest absolute Gasteiger partial charge is 0.344 e. The molecule has 21 heavy (non-hydrogen) atoms. The van der Waals surface area contributed by atoms with Crippen molar-refractivity contribution < 1.29 is 9.18 Å². The van der Waals surface area contributed by atoms with Gasteiger partial charge in [-0.05, 0) is 35.6 Å². The first kappa shape index (κ1) is 15.7. The molecule has 2 rings (SSSR count). The second-order valence-corrected chi connectivity index (χ2v) is 5.92. The lowest BCUT2D eigenvalue weighted by atomic mass is 10.0. The van der Waals surface area contributed by atoms with Gasteiger partial charge in [0.2, 0.25) is 5.91 Å². The van der Waals surface area contributed by atoms with Crippen LogP contribution < -0.4 is 11.1 Å². The first-order chi connectivity index (χ1) is 10.1. The summed E-state index contributed by atoms with van der Waals surface area (Å²) in [5.41, 5.74) is 6.68. The molecule has 1 heterocycles. The summed E-state index contributed by atoms with van der Waals surface area (Å²) in [6, 6.07) is 9.68. The first-order valence-electron chi connectivity index (χ1n) is 6.94. The van der Waals surface area contributed by atoms with E-state index in [4.69, 9.17) is 5.73 Å². The monoisotopic (exact) mass is 306 g/mol. The normalized spacial score (nSPS) is 13.7. The summed E-state index contributed by atoms with van der Waals surface area (Å²) in [6.07, 6.45) is 1.05. The van der Waals surface area contributed by atoms with E-state index in [0.29, 0.717) is 6.42 Å². The average Bonchev–Trinajstić information content (AvgIpc) is 2.99. The van der Waals surface area contributed by atoms with Crippen LogP contribution in [-0.2, 0) is 4.79 Å². The Balaban J connectivity index is 2.17. The molecule has 0 aliphatic carbocycles. The summed E-state index contributed by atoms with van der Waals surface area (Å²) in [4.78, 5) is 13.1. The molecule has 0 radical (unpaired) electrons. The van der Waals surface area contributed by atoms with Crippen molar-refractivity contribution in [3.05, 3.63) is 58.0 Å². The summed E-state index contributed by atoms with van der Waals surface area (Å²) in [5.74, 6) is -0.380. The van der Waals surface area contributed by atoms with Crippen molar-refractivity contribution in [2.75, 3.05) is 0 Å². The minimum atomic E-state index is -0.289. The molecule has 3 nitrogen and oxygen atoms in total. The Kier molecular flexibility index (Phi) is 5.47. The van der Waals surface area contributed by atoms with Gasteiger partial charge in [-0.3, -0.25) is 4.79 Å². The van der Waals surface area contributed by atoms with Gasteiger partial charge < -0.3 is 11.1 Å². The van der Waals surface area contributed by atoms with Gasteiger partial charge in [0.15, 0.2) is 0 Å². The molecule has 5 heteroatoms. The topological polar surface area (TPSA) is 55.1 Å². The van der Waals surface area contributed by atoms with Crippen LogP contribution in [-0.4, -0.2) is 11.9 Å². The van der Waals surface area contributed by atoms with E-state index in [1.54, 1.807) is 23.5 Å². The molecule has 2 unspecified atom stereocenters. The van der Waals surface area contributed by atoms with Gasteiger partial charge in [-0.2, -0.15) is 0 Å². The molecule has 0 bridgehead atoms. The predicted molar refractivity (Wildman–Crippen MR) is 83.6 cm³/mol. The number of thiophene rings is 1. The molecule has 0 spiro atoms. The van der Waals surface area contributed by atoms with Gasteiger partial charge in [0.05, 0.1) is 6.04 Å². The Hall–Kier alpha value is -1.72.